The molecule has 0 saturated heterocycles. The van der Waals surface area contributed by atoms with E-state index < -0.39 is 4.33 Å². The summed E-state index contributed by atoms with van der Waals surface area (Å²) in [4.78, 5) is 4.69. The number of rotatable bonds is 14. The van der Waals surface area contributed by atoms with Crippen molar-refractivity contribution in [1.82, 2.24) is 9.80 Å². The first-order chi connectivity index (χ1) is 15.9. The van der Waals surface area contributed by atoms with Crippen molar-refractivity contribution in [2.24, 2.45) is 0 Å². The Bertz CT molecular complexity index is 765. The molecule has 0 spiro atoms. The van der Waals surface area contributed by atoms with E-state index in [-0.39, 0.29) is 11.8 Å². The summed E-state index contributed by atoms with van der Waals surface area (Å²) in [6.45, 7) is 16.1. The maximum atomic E-state index is 6.71. The van der Waals surface area contributed by atoms with E-state index in [9.17, 15) is 0 Å². The summed E-state index contributed by atoms with van der Waals surface area (Å²) >= 11 is 13.4. The van der Waals surface area contributed by atoms with Crippen LogP contribution >= 0.6 is 23.2 Å². The smallest absolute Gasteiger partial charge is 0.133 e. The van der Waals surface area contributed by atoms with Crippen LogP contribution in [0.5, 0.6) is 11.5 Å². The molecule has 1 aliphatic carbocycles. The lowest BCUT2D eigenvalue weighted by atomic mass is 10.0. The van der Waals surface area contributed by atoms with Gasteiger partial charge in [0.15, 0.2) is 0 Å². The molecule has 6 heteroatoms. The Morgan fingerprint density at radius 1 is 0.636 bits per heavy atom. The summed E-state index contributed by atoms with van der Waals surface area (Å²) in [5.41, 5.74) is 2.28. The predicted molar refractivity (Wildman–Crippen MR) is 139 cm³/mol. The van der Waals surface area contributed by atoms with Crippen molar-refractivity contribution in [3.05, 3.63) is 59.7 Å². The van der Waals surface area contributed by atoms with Gasteiger partial charge in [0.05, 0.1) is 0 Å². The second-order valence-electron chi connectivity index (χ2n) is 8.52. The van der Waals surface area contributed by atoms with Crippen LogP contribution in [0.1, 0.15) is 50.7 Å². The van der Waals surface area contributed by atoms with Crippen LogP contribution in [0.15, 0.2) is 48.5 Å². The van der Waals surface area contributed by atoms with Crippen molar-refractivity contribution in [2.45, 2.75) is 43.9 Å². The average molecular weight is 494 g/mol. The second-order valence-corrected chi connectivity index (χ2v) is 9.96. The van der Waals surface area contributed by atoms with E-state index in [1.807, 2.05) is 24.3 Å². The number of alkyl halides is 2. The summed E-state index contributed by atoms with van der Waals surface area (Å²) in [6, 6.07) is 16.4. The summed E-state index contributed by atoms with van der Waals surface area (Å²) in [5, 5.41) is 0. The molecule has 2 unspecified atom stereocenters. The van der Waals surface area contributed by atoms with E-state index in [0.29, 0.717) is 13.2 Å². The van der Waals surface area contributed by atoms with Gasteiger partial charge in [0.1, 0.15) is 29.0 Å². The molecule has 0 bridgehead atoms. The fraction of sp³-hybridized carbons (Fsp3) is 0.556. The van der Waals surface area contributed by atoms with Crippen LogP contribution in [0.3, 0.4) is 0 Å². The monoisotopic (exact) mass is 492 g/mol. The summed E-state index contributed by atoms with van der Waals surface area (Å²) in [5.74, 6) is 1.90. The van der Waals surface area contributed by atoms with Crippen molar-refractivity contribution in [1.29, 1.82) is 0 Å². The first kappa shape index (κ1) is 26.2. The van der Waals surface area contributed by atoms with Crippen molar-refractivity contribution in [3.63, 3.8) is 0 Å². The first-order valence-electron chi connectivity index (χ1n) is 12.2. The largest absolute Gasteiger partial charge is 0.492 e. The van der Waals surface area contributed by atoms with Crippen LogP contribution in [0.25, 0.3) is 0 Å². The van der Waals surface area contributed by atoms with Gasteiger partial charge in [-0.15, -0.1) is 23.2 Å². The van der Waals surface area contributed by atoms with Gasteiger partial charge < -0.3 is 19.3 Å². The van der Waals surface area contributed by atoms with E-state index in [2.05, 4.69) is 61.8 Å². The fourth-order valence-corrected chi connectivity index (χ4v) is 5.25. The Labute approximate surface area is 209 Å². The van der Waals surface area contributed by atoms with Crippen molar-refractivity contribution in [2.75, 3.05) is 52.5 Å². The molecule has 33 heavy (non-hydrogen) atoms. The normalized spacial score (nSPS) is 19.2. The SMILES string of the molecule is CCN(CC)CCOc1ccc(C2C(c3ccc(OCCN(CC)CC)cc3)C2(Cl)Cl)cc1. The molecule has 2 aromatic carbocycles. The molecular weight excluding hydrogens is 455 g/mol. The molecule has 3 rings (SSSR count). The highest BCUT2D eigenvalue weighted by Gasteiger charge is 2.64. The third-order valence-electron chi connectivity index (χ3n) is 6.67. The Balaban J connectivity index is 1.54. The Kier molecular flexibility index (Phi) is 9.75. The first-order valence-corrected chi connectivity index (χ1v) is 13.0. The lowest BCUT2D eigenvalue weighted by Crippen LogP contribution is -2.27. The fourth-order valence-electron chi connectivity index (χ4n) is 4.36. The van der Waals surface area contributed by atoms with Crippen LogP contribution in [0, 0.1) is 0 Å². The highest BCUT2D eigenvalue weighted by molar-refractivity contribution is 6.52. The minimum Gasteiger partial charge on any atom is -0.492 e. The predicted octanol–water partition coefficient (Wildman–Crippen LogP) is 6.18. The van der Waals surface area contributed by atoms with Gasteiger partial charge in [-0.3, -0.25) is 0 Å². The van der Waals surface area contributed by atoms with Gasteiger partial charge in [-0.2, -0.15) is 0 Å². The van der Waals surface area contributed by atoms with Crippen LogP contribution in [0.4, 0.5) is 0 Å². The van der Waals surface area contributed by atoms with Crippen molar-refractivity contribution < 1.29 is 9.47 Å². The molecule has 1 aliphatic rings. The molecule has 2 aromatic rings. The molecule has 0 radical (unpaired) electrons. The highest BCUT2D eigenvalue weighted by Crippen LogP contribution is 2.70. The maximum Gasteiger partial charge on any atom is 0.133 e. The molecule has 0 aromatic heterocycles. The van der Waals surface area contributed by atoms with Gasteiger partial charge in [0.2, 0.25) is 0 Å². The number of likely N-dealkylation sites (N-methyl/N-ethyl adjacent to an activating group) is 2. The number of benzene rings is 2. The van der Waals surface area contributed by atoms with E-state index >= 15 is 0 Å². The minimum absolute atomic E-state index is 0.0694. The molecule has 1 fully saturated rings. The zero-order chi connectivity index (χ0) is 23.8. The number of hydrogen-bond acceptors (Lipinski definition) is 4. The molecule has 0 aliphatic heterocycles. The second kappa shape index (κ2) is 12.3. The van der Waals surface area contributed by atoms with Gasteiger partial charge in [0, 0.05) is 24.9 Å². The van der Waals surface area contributed by atoms with E-state index in [1.165, 1.54) is 0 Å². The van der Waals surface area contributed by atoms with Gasteiger partial charge in [-0.05, 0) is 61.6 Å². The van der Waals surface area contributed by atoms with E-state index in [4.69, 9.17) is 32.7 Å². The quantitative estimate of drug-likeness (QED) is 0.293. The third kappa shape index (κ3) is 6.79. The zero-order valence-corrected chi connectivity index (χ0v) is 21.9. The zero-order valence-electron chi connectivity index (χ0n) is 20.4. The summed E-state index contributed by atoms with van der Waals surface area (Å²) in [7, 11) is 0. The molecule has 182 valence electrons. The molecule has 0 N–H and O–H groups in total. The number of ether oxygens (including phenoxy) is 2. The number of hydrogen-bond donors (Lipinski definition) is 0. The average Bonchev–Trinajstić information content (AvgIpc) is 3.42. The van der Waals surface area contributed by atoms with Gasteiger partial charge in [-0.1, -0.05) is 52.0 Å². The molecule has 0 amide bonds. The van der Waals surface area contributed by atoms with Crippen molar-refractivity contribution in [3.8, 4) is 11.5 Å². The molecule has 4 nitrogen and oxygen atoms in total. The van der Waals surface area contributed by atoms with Crippen LogP contribution in [0.2, 0.25) is 0 Å². The third-order valence-corrected chi connectivity index (χ3v) is 7.61. The minimum atomic E-state index is -0.795. The lowest BCUT2D eigenvalue weighted by Gasteiger charge is -2.18. The van der Waals surface area contributed by atoms with Gasteiger partial charge >= 0.3 is 0 Å². The summed E-state index contributed by atoms with van der Waals surface area (Å²) in [6.07, 6.45) is 0. The van der Waals surface area contributed by atoms with Gasteiger partial charge in [-0.25, -0.2) is 0 Å². The summed E-state index contributed by atoms with van der Waals surface area (Å²) < 4.78 is 11.0. The lowest BCUT2D eigenvalue weighted by molar-refractivity contribution is 0.222. The standard InChI is InChI=1S/C27H38Cl2N2O2/c1-5-30(6-2)17-19-32-23-13-9-21(10-14-23)25-26(27(25,28)29)22-11-15-24(16-12-22)33-20-18-31(7-3)8-4/h9-16,25-26H,5-8,17-20H2,1-4H3. The van der Waals surface area contributed by atoms with Gasteiger partial charge in [0.25, 0.3) is 0 Å². The topological polar surface area (TPSA) is 24.9 Å². The van der Waals surface area contributed by atoms with E-state index in [1.54, 1.807) is 0 Å². The maximum absolute atomic E-state index is 6.71. The van der Waals surface area contributed by atoms with Crippen LogP contribution < -0.4 is 9.47 Å². The number of nitrogens with zero attached hydrogens (tertiary/aromatic N) is 2. The Morgan fingerprint density at radius 3 is 1.27 bits per heavy atom. The highest BCUT2D eigenvalue weighted by atomic mass is 35.5. The molecule has 1 saturated carbocycles. The Hall–Kier alpha value is -1.46. The Morgan fingerprint density at radius 2 is 0.970 bits per heavy atom. The number of halogens is 2. The molecular formula is C27H38Cl2N2O2. The van der Waals surface area contributed by atoms with Crippen LogP contribution in [-0.4, -0.2) is 66.6 Å². The molecule has 2 atom stereocenters. The van der Waals surface area contributed by atoms with Crippen molar-refractivity contribution >= 4 is 23.2 Å². The van der Waals surface area contributed by atoms with Crippen LogP contribution in [-0.2, 0) is 0 Å². The molecule has 0 heterocycles. The van der Waals surface area contributed by atoms with E-state index in [0.717, 1.165) is 61.9 Å².